The number of benzene rings is 1. The molecule has 1 aliphatic carbocycles. The molecule has 0 fully saturated rings. The summed E-state index contributed by atoms with van der Waals surface area (Å²) in [6.45, 7) is 0.743. The normalized spacial score (nSPS) is 19.4. The maximum Gasteiger partial charge on any atom is 0.314 e. The molecule has 126 valence electrons. The van der Waals surface area contributed by atoms with Gasteiger partial charge in [-0.1, -0.05) is 30.3 Å². The molecule has 1 aliphatic rings. The van der Waals surface area contributed by atoms with Crippen molar-refractivity contribution in [3.63, 3.8) is 0 Å². The van der Waals surface area contributed by atoms with Crippen LogP contribution in [0.1, 0.15) is 29.2 Å². The third kappa shape index (κ3) is 2.94. The molecular weight excluding hydrogens is 306 g/mol. The van der Waals surface area contributed by atoms with Crippen LogP contribution in [-0.4, -0.2) is 30.7 Å². The number of carbonyl (C=O) groups is 2. The average molecular weight is 327 g/mol. The van der Waals surface area contributed by atoms with Crippen LogP contribution in [-0.2, 0) is 32.0 Å². The van der Waals surface area contributed by atoms with Gasteiger partial charge in [-0.25, -0.2) is 0 Å². The molecule has 0 saturated heterocycles. The van der Waals surface area contributed by atoms with E-state index in [4.69, 9.17) is 9.47 Å². The molecule has 0 aliphatic heterocycles. The summed E-state index contributed by atoms with van der Waals surface area (Å²) >= 11 is 0. The van der Waals surface area contributed by atoms with Gasteiger partial charge in [0.05, 0.1) is 26.1 Å². The fourth-order valence-corrected chi connectivity index (χ4v) is 3.52. The SMILES string of the molecule is COC(=O)C1CCc2c(ccn2Cc2ccccc2)C1C(=O)OC. The van der Waals surface area contributed by atoms with Crippen LogP contribution in [0.5, 0.6) is 0 Å². The monoisotopic (exact) mass is 327 g/mol. The second-order valence-electron chi connectivity index (χ2n) is 6.00. The Morgan fingerprint density at radius 2 is 1.79 bits per heavy atom. The van der Waals surface area contributed by atoms with Gasteiger partial charge in [0.2, 0.25) is 0 Å². The number of aromatic nitrogens is 1. The van der Waals surface area contributed by atoms with Gasteiger partial charge in [-0.05, 0) is 30.0 Å². The maximum atomic E-state index is 12.3. The summed E-state index contributed by atoms with van der Waals surface area (Å²) in [7, 11) is 2.71. The third-order valence-electron chi connectivity index (χ3n) is 4.70. The third-order valence-corrected chi connectivity index (χ3v) is 4.70. The van der Waals surface area contributed by atoms with E-state index in [0.717, 1.165) is 24.2 Å². The lowest BCUT2D eigenvalue weighted by Crippen LogP contribution is -2.34. The van der Waals surface area contributed by atoms with Crippen LogP contribution < -0.4 is 0 Å². The molecule has 0 saturated carbocycles. The number of esters is 2. The molecule has 24 heavy (non-hydrogen) atoms. The van der Waals surface area contributed by atoms with Crippen LogP contribution in [0, 0.1) is 5.92 Å². The molecule has 3 rings (SSSR count). The van der Waals surface area contributed by atoms with Crippen LogP contribution >= 0.6 is 0 Å². The van der Waals surface area contributed by atoms with Crippen molar-refractivity contribution in [2.24, 2.45) is 5.92 Å². The second-order valence-corrected chi connectivity index (χ2v) is 6.00. The molecule has 1 aromatic heterocycles. The van der Waals surface area contributed by atoms with E-state index in [1.54, 1.807) is 0 Å². The smallest absolute Gasteiger partial charge is 0.314 e. The number of fused-ring (bicyclic) bond motifs is 1. The molecule has 5 nitrogen and oxygen atoms in total. The van der Waals surface area contributed by atoms with Crippen molar-refractivity contribution in [3.8, 4) is 0 Å². The van der Waals surface area contributed by atoms with E-state index >= 15 is 0 Å². The van der Waals surface area contributed by atoms with Crippen LogP contribution in [0.25, 0.3) is 0 Å². The van der Waals surface area contributed by atoms with Crippen LogP contribution in [0.15, 0.2) is 42.6 Å². The van der Waals surface area contributed by atoms with Gasteiger partial charge in [-0.15, -0.1) is 0 Å². The number of rotatable bonds is 4. The van der Waals surface area contributed by atoms with E-state index in [9.17, 15) is 9.59 Å². The van der Waals surface area contributed by atoms with Gasteiger partial charge in [-0.2, -0.15) is 0 Å². The highest BCUT2D eigenvalue weighted by Gasteiger charge is 2.41. The van der Waals surface area contributed by atoms with Gasteiger partial charge in [0.1, 0.15) is 0 Å². The van der Waals surface area contributed by atoms with E-state index in [1.807, 2.05) is 30.5 Å². The summed E-state index contributed by atoms with van der Waals surface area (Å²) in [6, 6.07) is 12.1. The van der Waals surface area contributed by atoms with Gasteiger partial charge in [0, 0.05) is 18.4 Å². The standard InChI is InChI=1S/C19H21NO4/c1-23-18(21)15-8-9-16-14(17(15)19(22)24-2)10-11-20(16)12-13-6-4-3-5-7-13/h3-7,10-11,15,17H,8-9,12H2,1-2H3. The lowest BCUT2D eigenvalue weighted by molar-refractivity contribution is -0.154. The minimum absolute atomic E-state index is 0.355. The molecule has 1 aromatic carbocycles. The number of hydrogen-bond donors (Lipinski definition) is 0. The first-order chi connectivity index (χ1) is 11.7. The number of carbonyl (C=O) groups excluding carboxylic acids is 2. The summed E-state index contributed by atoms with van der Waals surface area (Å²) in [4.78, 5) is 24.4. The second kappa shape index (κ2) is 6.91. The average Bonchev–Trinajstić information content (AvgIpc) is 3.03. The summed E-state index contributed by atoms with van der Waals surface area (Å²) in [5.74, 6) is -1.82. The molecule has 5 heteroatoms. The zero-order valence-electron chi connectivity index (χ0n) is 13.9. The summed E-state index contributed by atoms with van der Waals surface area (Å²) in [6.07, 6.45) is 3.30. The van der Waals surface area contributed by atoms with E-state index < -0.39 is 11.8 Å². The van der Waals surface area contributed by atoms with Crippen LogP contribution in [0.3, 0.4) is 0 Å². The fraction of sp³-hybridized carbons (Fsp3) is 0.368. The minimum atomic E-state index is -0.594. The van der Waals surface area contributed by atoms with E-state index in [2.05, 4.69) is 16.7 Å². The quantitative estimate of drug-likeness (QED) is 0.810. The molecule has 2 aromatic rings. The lowest BCUT2D eigenvalue weighted by atomic mass is 9.77. The Kier molecular flexibility index (Phi) is 4.69. The molecular formula is C19H21NO4. The first-order valence-corrected chi connectivity index (χ1v) is 8.03. The van der Waals surface area contributed by atoms with Crippen molar-refractivity contribution in [3.05, 3.63) is 59.4 Å². The predicted molar refractivity (Wildman–Crippen MR) is 88.6 cm³/mol. The predicted octanol–water partition coefficient (Wildman–Crippen LogP) is 2.53. The van der Waals surface area contributed by atoms with E-state index in [1.165, 1.54) is 19.8 Å². The molecule has 2 atom stereocenters. The lowest BCUT2D eigenvalue weighted by Gasteiger charge is -2.29. The first-order valence-electron chi connectivity index (χ1n) is 8.03. The Balaban J connectivity index is 1.94. The van der Waals surface area contributed by atoms with E-state index in [-0.39, 0.29) is 11.9 Å². The first kappa shape index (κ1) is 16.3. The highest BCUT2D eigenvalue weighted by Crippen LogP contribution is 2.38. The number of hydrogen-bond acceptors (Lipinski definition) is 4. The minimum Gasteiger partial charge on any atom is -0.469 e. The van der Waals surface area contributed by atoms with Gasteiger partial charge < -0.3 is 14.0 Å². The molecule has 0 radical (unpaired) electrons. The topological polar surface area (TPSA) is 57.5 Å². The van der Waals surface area contributed by atoms with Crippen LogP contribution in [0.2, 0.25) is 0 Å². The van der Waals surface area contributed by atoms with E-state index in [0.29, 0.717) is 6.42 Å². The summed E-state index contributed by atoms with van der Waals surface area (Å²) < 4.78 is 12.0. The summed E-state index contributed by atoms with van der Waals surface area (Å²) in [5.41, 5.74) is 3.16. The highest BCUT2D eigenvalue weighted by molar-refractivity contribution is 5.87. The Morgan fingerprint density at radius 3 is 2.46 bits per heavy atom. The van der Waals surface area contributed by atoms with Crippen molar-refractivity contribution in [1.82, 2.24) is 4.57 Å². The zero-order chi connectivity index (χ0) is 17.1. The van der Waals surface area contributed by atoms with Gasteiger partial charge >= 0.3 is 11.9 Å². The number of methoxy groups -OCH3 is 2. The summed E-state index contributed by atoms with van der Waals surface area (Å²) in [5, 5.41) is 0. The number of ether oxygens (including phenoxy) is 2. The largest absolute Gasteiger partial charge is 0.469 e. The fourth-order valence-electron chi connectivity index (χ4n) is 3.52. The Labute approximate surface area is 141 Å². The molecule has 0 spiro atoms. The Morgan fingerprint density at radius 1 is 1.08 bits per heavy atom. The molecule has 0 amide bonds. The molecule has 2 unspecified atom stereocenters. The molecule has 1 heterocycles. The van der Waals surface area contributed by atoms with Crippen molar-refractivity contribution in [1.29, 1.82) is 0 Å². The van der Waals surface area contributed by atoms with Gasteiger partial charge in [0.25, 0.3) is 0 Å². The van der Waals surface area contributed by atoms with Gasteiger partial charge in [0.15, 0.2) is 0 Å². The van der Waals surface area contributed by atoms with Crippen LogP contribution in [0.4, 0.5) is 0 Å². The molecule has 0 bridgehead atoms. The molecule has 0 N–H and O–H groups in total. The van der Waals surface area contributed by atoms with Crippen molar-refractivity contribution in [2.75, 3.05) is 14.2 Å². The van der Waals surface area contributed by atoms with Crippen molar-refractivity contribution >= 4 is 11.9 Å². The van der Waals surface area contributed by atoms with Crippen molar-refractivity contribution in [2.45, 2.75) is 25.3 Å². The van der Waals surface area contributed by atoms with Gasteiger partial charge in [-0.3, -0.25) is 9.59 Å². The zero-order valence-corrected chi connectivity index (χ0v) is 13.9. The number of nitrogens with zero attached hydrogens (tertiary/aromatic N) is 1. The Bertz CT molecular complexity index is 735. The maximum absolute atomic E-state index is 12.3. The Hall–Kier alpha value is -2.56. The highest BCUT2D eigenvalue weighted by atomic mass is 16.5. The van der Waals surface area contributed by atoms with Crippen molar-refractivity contribution < 1.29 is 19.1 Å².